The van der Waals surface area contributed by atoms with Crippen molar-refractivity contribution in [3.63, 3.8) is 0 Å². The summed E-state index contributed by atoms with van der Waals surface area (Å²) in [6.45, 7) is 11.5. The Balaban J connectivity index is 0.000000285. The minimum absolute atomic E-state index is 0. The Hall–Kier alpha value is -2.75. The van der Waals surface area contributed by atoms with Crippen LogP contribution in [-0.2, 0) is 24.9 Å². The molecule has 4 nitrogen and oxygen atoms in total. The topological polar surface area (TPSA) is 57.2 Å². The molecule has 2 aromatic carbocycles. The molecule has 1 radical (unpaired) electrons. The van der Waals surface area contributed by atoms with E-state index in [4.69, 9.17) is 9.40 Å². The number of pyridine rings is 1. The van der Waals surface area contributed by atoms with Crippen LogP contribution in [0.4, 0.5) is 0 Å². The second-order valence-electron chi connectivity index (χ2n) is 8.01. The summed E-state index contributed by atoms with van der Waals surface area (Å²) in [5.74, 6) is 0.0573. The maximum absolute atomic E-state index is 10.5. The van der Waals surface area contributed by atoms with Crippen molar-refractivity contribution in [2.75, 3.05) is 0 Å². The Morgan fingerprint density at radius 2 is 1.81 bits per heavy atom. The van der Waals surface area contributed by atoms with E-state index < -0.39 is 0 Å². The fraction of sp³-hybridized carbons (Fsp3) is 0.259. The molecule has 0 amide bonds. The molecule has 0 unspecified atom stereocenters. The van der Waals surface area contributed by atoms with Gasteiger partial charge in [-0.2, -0.15) is 5.70 Å². The number of aryl methyl sites for hydroxylation is 2. The van der Waals surface area contributed by atoms with Gasteiger partial charge < -0.3 is 9.73 Å². The summed E-state index contributed by atoms with van der Waals surface area (Å²) in [4.78, 5) is 15.3. The molecule has 0 aliphatic carbocycles. The molecule has 0 N–H and O–H groups in total. The van der Waals surface area contributed by atoms with Gasteiger partial charge in [0.2, 0.25) is 0 Å². The average molecular weight is 605 g/mol. The Morgan fingerprint density at radius 1 is 1.09 bits per heavy atom. The third-order valence-corrected chi connectivity index (χ3v) is 4.58. The van der Waals surface area contributed by atoms with Crippen molar-refractivity contribution in [1.29, 1.82) is 0 Å². The SMILES string of the molecule is CC(=O)/C=C(/C)[N-]C(C)C.Cc1[c-]c(-c2nc3ccccc3c3ccoc23)cc(C)c1.[Ir]. The van der Waals surface area contributed by atoms with Gasteiger partial charge >= 0.3 is 0 Å². The van der Waals surface area contributed by atoms with Crippen LogP contribution in [0.5, 0.6) is 0 Å². The van der Waals surface area contributed by atoms with Crippen molar-refractivity contribution in [1.82, 2.24) is 4.98 Å². The first-order chi connectivity index (χ1) is 14.7. The summed E-state index contributed by atoms with van der Waals surface area (Å²) in [5, 5.41) is 6.38. The number of aromatic nitrogens is 1. The standard InChI is InChI=1S/C19H14NO.C8H15NO.Ir/c1-12-9-13(2)11-14(10-12)18-19-16(7-8-21-19)15-5-3-4-6-17(15)20-18;1-6(2)9-7(3)5-8(4)10;/h3-10H,1-2H3;5-6H,1-4H3,(H,9,10);/q-1;;/p-1. The molecule has 32 heavy (non-hydrogen) atoms. The predicted molar refractivity (Wildman–Crippen MR) is 128 cm³/mol. The Morgan fingerprint density at radius 3 is 2.47 bits per heavy atom. The van der Waals surface area contributed by atoms with Crippen LogP contribution in [0.15, 0.2) is 64.9 Å². The number of furan rings is 1. The predicted octanol–water partition coefficient (Wildman–Crippen LogP) is 7.32. The maximum Gasteiger partial charge on any atom is 0.151 e. The Bertz CT molecular complexity index is 1230. The second kappa shape index (κ2) is 11.2. The van der Waals surface area contributed by atoms with Crippen molar-refractivity contribution in [2.45, 2.75) is 47.6 Å². The third-order valence-electron chi connectivity index (χ3n) is 4.58. The van der Waals surface area contributed by atoms with E-state index in [-0.39, 0.29) is 31.9 Å². The normalized spacial score (nSPS) is 11.2. The second-order valence-corrected chi connectivity index (χ2v) is 8.01. The van der Waals surface area contributed by atoms with E-state index in [0.717, 1.165) is 44.4 Å². The number of allylic oxidation sites excluding steroid dienone is 2. The molecular formula is C27H28IrN2O2-2. The van der Waals surface area contributed by atoms with Gasteiger partial charge in [-0.05, 0) is 25.1 Å². The zero-order valence-corrected chi connectivity index (χ0v) is 21.7. The number of nitrogens with zero attached hydrogens (tertiary/aromatic N) is 2. The molecule has 0 saturated carbocycles. The summed E-state index contributed by atoms with van der Waals surface area (Å²) < 4.78 is 5.71. The van der Waals surface area contributed by atoms with E-state index in [1.807, 2.05) is 45.0 Å². The van der Waals surface area contributed by atoms with E-state index in [1.165, 1.54) is 12.5 Å². The quantitative estimate of drug-likeness (QED) is 0.181. The summed E-state index contributed by atoms with van der Waals surface area (Å²) in [7, 11) is 0. The van der Waals surface area contributed by atoms with E-state index in [9.17, 15) is 4.79 Å². The van der Waals surface area contributed by atoms with E-state index in [1.54, 1.807) is 12.3 Å². The summed E-state index contributed by atoms with van der Waals surface area (Å²) >= 11 is 0. The Labute approximate surface area is 203 Å². The van der Waals surface area contributed by atoms with Gasteiger partial charge in [0.15, 0.2) is 5.78 Å². The molecule has 2 heterocycles. The minimum Gasteiger partial charge on any atom is -0.686 e. The first-order valence-corrected chi connectivity index (χ1v) is 10.4. The molecule has 5 heteroatoms. The maximum atomic E-state index is 10.5. The van der Waals surface area contributed by atoms with Crippen LogP contribution >= 0.6 is 0 Å². The average Bonchev–Trinajstić information content (AvgIpc) is 3.16. The molecule has 0 saturated heterocycles. The molecule has 0 bridgehead atoms. The van der Waals surface area contributed by atoms with Gasteiger partial charge in [-0.1, -0.05) is 52.8 Å². The number of fused-ring (bicyclic) bond motifs is 3. The van der Waals surface area contributed by atoms with Crippen LogP contribution in [0.25, 0.3) is 38.4 Å². The van der Waals surface area contributed by atoms with Crippen LogP contribution in [0.3, 0.4) is 0 Å². The third kappa shape index (κ3) is 6.38. The summed E-state index contributed by atoms with van der Waals surface area (Å²) in [6.07, 6.45) is 3.27. The number of ketones is 1. The van der Waals surface area contributed by atoms with Crippen molar-refractivity contribution in [3.05, 3.63) is 83.0 Å². The van der Waals surface area contributed by atoms with Crippen LogP contribution < -0.4 is 0 Å². The molecule has 4 aromatic rings. The van der Waals surface area contributed by atoms with Crippen LogP contribution in [0.1, 0.15) is 38.8 Å². The molecule has 0 aliphatic rings. The molecule has 169 valence electrons. The van der Waals surface area contributed by atoms with Crippen molar-refractivity contribution < 1.29 is 29.3 Å². The fourth-order valence-electron chi connectivity index (χ4n) is 3.62. The largest absolute Gasteiger partial charge is 0.686 e. The first-order valence-electron chi connectivity index (χ1n) is 10.4. The number of rotatable bonds is 4. The Kier molecular flexibility index (Phi) is 8.94. The fourth-order valence-corrected chi connectivity index (χ4v) is 3.62. The van der Waals surface area contributed by atoms with Gasteiger partial charge in [-0.25, -0.2) is 0 Å². The molecule has 4 rings (SSSR count). The molecular weight excluding hydrogens is 577 g/mol. The summed E-state index contributed by atoms with van der Waals surface area (Å²) in [5.41, 5.74) is 6.78. The first kappa shape index (κ1) is 25.5. The molecule has 0 aliphatic heterocycles. The van der Waals surface area contributed by atoms with E-state index >= 15 is 0 Å². The number of para-hydroxylation sites is 1. The zero-order valence-electron chi connectivity index (χ0n) is 19.3. The van der Waals surface area contributed by atoms with Gasteiger partial charge in [0.05, 0.1) is 11.8 Å². The van der Waals surface area contributed by atoms with Gasteiger partial charge in [0, 0.05) is 36.6 Å². The van der Waals surface area contributed by atoms with Crippen molar-refractivity contribution in [3.8, 4) is 11.3 Å². The van der Waals surface area contributed by atoms with Crippen molar-refractivity contribution >= 4 is 27.7 Å². The number of carbonyl (C=O) groups is 1. The van der Waals surface area contributed by atoms with Gasteiger partial charge in [0.25, 0.3) is 0 Å². The molecule has 0 fully saturated rings. The van der Waals surface area contributed by atoms with Crippen LogP contribution in [0.2, 0.25) is 0 Å². The van der Waals surface area contributed by atoms with Gasteiger partial charge in [0.1, 0.15) is 5.58 Å². The summed E-state index contributed by atoms with van der Waals surface area (Å²) in [6, 6.07) is 18.0. The van der Waals surface area contributed by atoms with E-state index in [2.05, 4.69) is 43.4 Å². The molecule has 0 spiro atoms. The van der Waals surface area contributed by atoms with Crippen LogP contribution in [0, 0.1) is 19.9 Å². The van der Waals surface area contributed by atoms with Crippen LogP contribution in [-0.4, -0.2) is 16.8 Å². The molecule has 2 aromatic heterocycles. The van der Waals surface area contributed by atoms with Crippen molar-refractivity contribution in [2.24, 2.45) is 0 Å². The van der Waals surface area contributed by atoms with Gasteiger partial charge in [-0.3, -0.25) is 9.78 Å². The number of benzene rings is 2. The smallest absolute Gasteiger partial charge is 0.151 e. The molecule has 0 atom stereocenters. The monoisotopic (exact) mass is 605 g/mol. The number of hydrogen-bond donors (Lipinski definition) is 0. The van der Waals surface area contributed by atoms with Gasteiger partial charge in [-0.15, -0.1) is 40.9 Å². The minimum atomic E-state index is 0. The number of hydrogen-bond acceptors (Lipinski definition) is 3. The number of carbonyl (C=O) groups excluding carboxylic acids is 1. The zero-order chi connectivity index (χ0) is 22.5. The van der Waals surface area contributed by atoms with E-state index in [0.29, 0.717) is 0 Å².